The number of likely N-dealkylation sites (tertiary alicyclic amines) is 1. The average molecular weight is 424 g/mol. The molecule has 1 unspecified atom stereocenters. The zero-order valence-electron chi connectivity index (χ0n) is 18.9. The summed E-state index contributed by atoms with van der Waals surface area (Å²) in [6.07, 6.45) is 2.57. The SMILES string of the molecule is COc1ccc(C2CC(c3ccccc3O)=NC3(CCN(C(C)C)CC3)N2)cc1OC. The average Bonchev–Trinajstić information content (AvgIpc) is 2.78. The third kappa shape index (κ3) is 4.41. The number of phenols is 1. The van der Waals surface area contributed by atoms with Crippen LogP contribution in [0.2, 0.25) is 0 Å². The lowest BCUT2D eigenvalue weighted by atomic mass is 9.87. The van der Waals surface area contributed by atoms with Gasteiger partial charge in [-0.2, -0.15) is 0 Å². The number of hydrogen-bond acceptors (Lipinski definition) is 6. The molecule has 0 aliphatic carbocycles. The maximum absolute atomic E-state index is 10.5. The normalized spacial score (nSPS) is 21.2. The number of methoxy groups -OCH3 is 2. The summed E-state index contributed by atoms with van der Waals surface area (Å²) < 4.78 is 11.0. The first-order chi connectivity index (χ1) is 14.9. The van der Waals surface area contributed by atoms with Crippen LogP contribution in [0.1, 0.15) is 50.3 Å². The van der Waals surface area contributed by atoms with Crippen molar-refractivity contribution in [2.24, 2.45) is 4.99 Å². The van der Waals surface area contributed by atoms with Crippen molar-refractivity contribution in [3.8, 4) is 17.2 Å². The zero-order chi connectivity index (χ0) is 22.0. The largest absolute Gasteiger partial charge is 0.507 e. The lowest BCUT2D eigenvalue weighted by Gasteiger charge is -2.46. The third-order valence-corrected chi connectivity index (χ3v) is 6.57. The van der Waals surface area contributed by atoms with Gasteiger partial charge in [0.25, 0.3) is 0 Å². The number of ether oxygens (including phenoxy) is 2. The Bertz CT molecular complexity index is 949. The lowest BCUT2D eigenvalue weighted by molar-refractivity contribution is 0.103. The first-order valence-electron chi connectivity index (χ1n) is 11.1. The molecule has 6 heteroatoms. The maximum atomic E-state index is 10.5. The molecule has 31 heavy (non-hydrogen) atoms. The van der Waals surface area contributed by atoms with Gasteiger partial charge in [0.1, 0.15) is 11.4 Å². The van der Waals surface area contributed by atoms with Gasteiger partial charge >= 0.3 is 0 Å². The first kappa shape index (κ1) is 21.7. The van der Waals surface area contributed by atoms with Crippen LogP contribution in [0.15, 0.2) is 47.5 Å². The lowest BCUT2D eigenvalue weighted by Crippen LogP contribution is -2.56. The molecule has 4 rings (SSSR count). The summed E-state index contributed by atoms with van der Waals surface area (Å²) in [5, 5.41) is 14.4. The Hall–Kier alpha value is -2.57. The second-order valence-electron chi connectivity index (χ2n) is 8.75. The Balaban J connectivity index is 1.71. The molecule has 2 N–H and O–H groups in total. The summed E-state index contributed by atoms with van der Waals surface area (Å²) >= 11 is 0. The molecule has 1 fully saturated rings. The van der Waals surface area contributed by atoms with Crippen molar-refractivity contribution < 1.29 is 14.6 Å². The fourth-order valence-corrected chi connectivity index (χ4v) is 4.73. The smallest absolute Gasteiger partial charge is 0.161 e. The monoisotopic (exact) mass is 423 g/mol. The van der Waals surface area contributed by atoms with Gasteiger partial charge in [-0.05, 0) is 56.5 Å². The van der Waals surface area contributed by atoms with Crippen molar-refractivity contribution in [2.45, 2.75) is 50.9 Å². The Morgan fingerprint density at radius 3 is 2.42 bits per heavy atom. The van der Waals surface area contributed by atoms with E-state index in [9.17, 15) is 5.11 Å². The molecule has 0 saturated carbocycles. The van der Waals surface area contributed by atoms with E-state index in [1.165, 1.54) is 0 Å². The summed E-state index contributed by atoms with van der Waals surface area (Å²) in [6.45, 7) is 6.49. The van der Waals surface area contributed by atoms with Gasteiger partial charge in [0.2, 0.25) is 0 Å². The molecule has 0 bridgehead atoms. The van der Waals surface area contributed by atoms with Crippen molar-refractivity contribution in [2.75, 3.05) is 27.3 Å². The molecule has 1 saturated heterocycles. The van der Waals surface area contributed by atoms with E-state index >= 15 is 0 Å². The molecule has 1 spiro atoms. The molecular weight excluding hydrogens is 390 g/mol. The van der Waals surface area contributed by atoms with Crippen molar-refractivity contribution in [3.63, 3.8) is 0 Å². The second kappa shape index (κ2) is 8.89. The van der Waals surface area contributed by atoms with Crippen LogP contribution in [0.5, 0.6) is 17.2 Å². The highest BCUT2D eigenvalue weighted by Crippen LogP contribution is 2.38. The van der Waals surface area contributed by atoms with Gasteiger partial charge in [0.05, 0.1) is 14.2 Å². The molecule has 0 aromatic heterocycles. The van der Waals surface area contributed by atoms with Crippen LogP contribution >= 0.6 is 0 Å². The van der Waals surface area contributed by atoms with Crippen LogP contribution in [0.3, 0.4) is 0 Å². The van der Waals surface area contributed by atoms with E-state index in [4.69, 9.17) is 14.5 Å². The summed E-state index contributed by atoms with van der Waals surface area (Å²) in [4.78, 5) is 7.71. The van der Waals surface area contributed by atoms with Gasteiger partial charge < -0.3 is 19.5 Å². The van der Waals surface area contributed by atoms with Crippen LogP contribution in [0.4, 0.5) is 0 Å². The number of nitrogens with one attached hydrogen (secondary N) is 1. The van der Waals surface area contributed by atoms with Crippen molar-refractivity contribution in [3.05, 3.63) is 53.6 Å². The number of nitrogens with zero attached hydrogens (tertiary/aromatic N) is 2. The minimum absolute atomic E-state index is 0.0671. The van der Waals surface area contributed by atoms with Gasteiger partial charge in [-0.15, -0.1) is 0 Å². The Kier molecular flexibility index (Phi) is 6.21. The summed E-state index contributed by atoms with van der Waals surface area (Å²) in [7, 11) is 3.31. The van der Waals surface area contributed by atoms with Gasteiger partial charge in [-0.1, -0.05) is 18.2 Å². The van der Waals surface area contributed by atoms with Gasteiger partial charge in [-0.25, -0.2) is 0 Å². The number of para-hydroxylation sites is 1. The maximum Gasteiger partial charge on any atom is 0.161 e. The van der Waals surface area contributed by atoms with E-state index in [2.05, 4.69) is 30.1 Å². The van der Waals surface area contributed by atoms with Crippen molar-refractivity contribution in [1.29, 1.82) is 0 Å². The molecular formula is C25H33N3O3. The van der Waals surface area contributed by atoms with Crippen LogP contribution in [0, 0.1) is 0 Å². The summed E-state index contributed by atoms with van der Waals surface area (Å²) in [5.41, 5.74) is 2.57. The van der Waals surface area contributed by atoms with E-state index in [0.717, 1.165) is 54.3 Å². The fraction of sp³-hybridized carbons (Fsp3) is 0.480. The second-order valence-corrected chi connectivity index (χ2v) is 8.75. The number of phenolic OH excluding ortho intramolecular Hbond substituents is 1. The number of benzene rings is 2. The molecule has 0 amide bonds. The summed E-state index contributed by atoms with van der Waals surface area (Å²) in [6, 6.07) is 14.2. The third-order valence-electron chi connectivity index (χ3n) is 6.57. The highest BCUT2D eigenvalue weighted by molar-refractivity contribution is 6.03. The molecule has 2 aromatic rings. The van der Waals surface area contributed by atoms with Crippen molar-refractivity contribution in [1.82, 2.24) is 10.2 Å². The molecule has 2 aromatic carbocycles. The van der Waals surface area contributed by atoms with E-state index in [-0.39, 0.29) is 17.5 Å². The minimum atomic E-state index is -0.334. The Morgan fingerprint density at radius 2 is 1.77 bits per heavy atom. The van der Waals surface area contributed by atoms with Crippen LogP contribution in [0.25, 0.3) is 0 Å². The van der Waals surface area contributed by atoms with E-state index in [1.807, 2.05) is 30.3 Å². The van der Waals surface area contributed by atoms with Crippen LogP contribution in [-0.2, 0) is 0 Å². The topological polar surface area (TPSA) is 66.3 Å². The Morgan fingerprint density at radius 1 is 1.06 bits per heavy atom. The van der Waals surface area contributed by atoms with E-state index < -0.39 is 0 Å². The van der Waals surface area contributed by atoms with E-state index in [0.29, 0.717) is 12.5 Å². The number of rotatable bonds is 5. The number of hydrogen-bond donors (Lipinski definition) is 2. The molecule has 2 aliphatic rings. The predicted octanol–water partition coefficient (Wildman–Crippen LogP) is 4.13. The number of aliphatic imine (C=N–C) groups is 1. The highest BCUT2D eigenvalue weighted by Gasteiger charge is 2.40. The van der Waals surface area contributed by atoms with E-state index in [1.54, 1.807) is 20.3 Å². The Labute approximate surface area is 184 Å². The van der Waals surface area contributed by atoms with Gasteiger partial charge in [0.15, 0.2) is 11.5 Å². The standard InChI is InChI=1S/C25H33N3O3/c1-17(2)28-13-11-25(12-14-28)26-20(18-9-10-23(30-3)24(15-18)31-4)16-21(27-25)19-7-5-6-8-22(19)29/h5-10,15,17,20,26,29H,11-14,16H2,1-4H3. The molecule has 2 aliphatic heterocycles. The van der Waals surface area contributed by atoms with Crippen molar-refractivity contribution >= 4 is 5.71 Å². The molecule has 6 nitrogen and oxygen atoms in total. The molecule has 1 atom stereocenters. The zero-order valence-corrected chi connectivity index (χ0v) is 18.9. The van der Waals surface area contributed by atoms with Crippen LogP contribution < -0.4 is 14.8 Å². The van der Waals surface area contributed by atoms with Gasteiger partial charge in [0, 0.05) is 42.9 Å². The molecule has 0 radical (unpaired) electrons. The predicted molar refractivity (Wildman–Crippen MR) is 123 cm³/mol. The fourth-order valence-electron chi connectivity index (χ4n) is 4.73. The number of aromatic hydroxyl groups is 1. The van der Waals surface area contributed by atoms with Gasteiger partial charge in [-0.3, -0.25) is 10.3 Å². The molecule has 166 valence electrons. The highest BCUT2D eigenvalue weighted by atomic mass is 16.5. The first-order valence-corrected chi connectivity index (χ1v) is 11.1. The molecule has 2 heterocycles. The quantitative estimate of drug-likeness (QED) is 0.757. The number of piperidine rings is 1. The summed E-state index contributed by atoms with van der Waals surface area (Å²) in [5.74, 6) is 1.72. The van der Waals surface area contributed by atoms with Crippen LogP contribution in [-0.4, -0.2) is 54.7 Å². The minimum Gasteiger partial charge on any atom is -0.507 e.